The molecule has 1 aromatic carbocycles. The maximum absolute atomic E-state index is 12.3. The van der Waals surface area contributed by atoms with Crippen molar-refractivity contribution in [3.05, 3.63) is 53.7 Å². The zero-order valence-electron chi connectivity index (χ0n) is 15.1. The van der Waals surface area contributed by atoms with Crippen LogP contribution in [0.1, 0.15) is 28.3 Å². The number of alkyl halides is 3. The lowest BCUT2D eigenvalue weighted by Crippen LogP contribution is -2.26. The maximum Gasteiger partial charge on any atom is 0.422 e. The number of hydrogen-bond donors (Lipinski definition) is 2. The Morgan fingerprint density at radius 1 is 1.21 bits per heavy atom. The lowest BCUT2D eigenvalue weighted by molar-refractivity contribution is -0.154. The number of amides is 2. The summed E-state index contributed by atoms with van der Waals surface area (Å²) in [6.07, 6.45) is -3.52. The highest BCUT2D eigenvalue weighted by molar-refractivity contribution is 6.04. The Morgan fingerprint density at radius 3 is 2.48 bits per heavy atom. The van der Waals surface area contributed by atoms with Crippen molar-refractivity contribution in [3.63, 3.8) is 0 Å². The zero-order chi connectivity index (χ0) is 21.0. The van der Waals surface area contributed by atoms with Crippen LogP contribution in [-0.4, -0.2) is 52.9 Å². The smallest absolute Gasteiger partial charge is 0.422 e. The first-order chi connectivity index (χ1) is 13.7. The summed E-state index contributed by atoms with van der Waals surface area (Å²) in [4.78, 5) is 28.3. The molecule has 10 heteroatoms. The Balaban J connectivity index is 1.56. The summed E-state index contributed by atoms with van der Waals surface area (Å²) < 4.78 is 40.9. The second-order valence-electron chi connectivity index (χ2n) is 6.58. The number of carbonyl (C=O) groups excluding carboxylic acids is 1. The van der Waals surface area contributed by atoms with Crippen molar-refractivity contribution in [2.24, 2.45) is 0 Å². The molecule has 154 valence electrons. The van der Waals surface area contributed by atoms with Crippen LogP contribution >= 0.6 is 0 Å². The van der Waals surface area contributed by atoms with Crippen LogP contribution in [0.4, 0.5) is 23.7 Å². The third-order valence-corrected chi connectivity index (χ3v) is 4.48. The van der Waals surface area contributed by atoms with Crippen LogP contribution in [0.3, 0.4) is 0 Å². The van der Waals surface area contributed by atoms with Crippen molar-refractivity contribution < 1.29 is 32.6 Å². The first-order valence-corrected chi connectivity index (χ1v) is 8.76. The minimum atomic E-state index is -4.46. The van der Waals surface area contributed by atoms with Gasteiger partial charge in [0.25, 0.3) is 5.91 Å². The molecule has 7 nitrogen and oxygen atoms in total. The van der Waals surface area contributed by atoms with E-state index in [0.717, 1.165) is 18.2 Å². The Morgan fingerprint density at radius 2 is 1.93 bits per heavy atom. The molecule has 29 heavy (non-hydrogen) atoms. The van der Waals surface area contributed by atoms with E-state index in [0.29, 0.717) is 18.8 Å². The number of rotatable bonds is 5. The van der Waals surface area contributed by atoms with E-state index in [-0.39, 0.29) is 17.4 Å². The second kappa shape index (κ2) is 8.38. The summed E-state index contributed by atoms with van der Waals surface area (Å²) in [5, 5.41) is 11.7. The van der Waals surface area contributed by atoms with E-state index in [1.54, 1.807) is 12.1 Å². The van der Waals surface area contributed by atoms with Gasteiger partial charge in [0.1, 0.15) is 0 Å². The van der Waals surface area contributed by atoms with E-state index in [1.807, 2.05) is 12.1 Å². The largest absolute Gasteiger partial charge is 0.468 e. The number of hydrogen-bond acceptors (Lipinski definition) is 4. The summed E-state index contributed by atoms with van der Waals surface area (Å²) in [7, 11) is 0. The van der Waals surface area contributed by atoms with E-state index in [9.17, 15) is 22.8 Å². The summed E-state index contributed by atoms with van der Waals surface area (Å²) in [6, 6.07) is 9.60. The number of carboxylic acid groups (broad SMARTS) is 1. The molecule has 1 aliphatic heterocycles. The second-order valence-corrected chi connectivity index (χ2v) is 6.58. The minimum absolute atomic E-state index is 0.115. The number of ether oxygens (including phenoxy) is 1. The maximum atomic E-state index is 12.3. The van der Waals surface area contributed by atoms with Crippen molar-refractivity contribution in [2.75, 3.05) is 25.0 Å². The van der Waals surface area contributed by atoms with Crippen LogP contribution < -0.4 is 10.1 Å². The van der Waals surface area contributed by atoms with Crippen molar-refractivity contribution in [2.45, 2.75) is 18.5 Å². The van der Waals surface area contributed by atoms with Gasteiger partial charge in [0, 0.05) is 37.0 Å². The molecule has 3 rings (SSSR count). The number of carbonyl (C=O) groups is 2. The van der Waals surface area contributed by atoms with Crippen molar-refractivity contribution in [1.29, 1.82) is 0 Å². The molecule has 0 bridgehead atoms. The number of pyridine rings is 1. The van der Waals surface area contributed by atoms with Gasteiger partial charge in [-0.05, 0) is 30.2 Å². The van der Waals surface area contributed by atoms with E-state index in [4.69, 9.17) is 5.11 Å². The number of anilines is 1. The molecule has 1 atom stereocenters. The Kier molecular flexibility index (Phi) is 5.90. The highest BCUT2D eigenvalue weighted by atomic mass is 19.4. The summed E-state index contributed by atoms with van der Waals surface area (Å²) in [5.41, 5.74) is 1.69. The number of nitrogens with one attached hydrogen (secondary N) is 1. The molecule has 0 aliphatic carbocycles. The van der Waals surface area contributed by atoms with Gasteiger partial charge in [0.05, 0.1) is 5.56 Å². The van der Waals surface area contributed by atoms with Gasteiger partial charge in [-0.2, -0.15) is 13.2 Å². The molecule has 2 N–H and O–H groups in total. The molecule has 2 aromatic rings. The fourth-order valence-corrected chi connectivity index (χ4v) is 3.00. The van der Waals surface area contributed by atoms with Crippen LogP contribution in [0.2, 0.25) is 0 Å². The third kappa shape index (κ3) is 5.59. The van der Waals surface area contributed by atoms with Gasteiger partial charge in [-0.15, -0.1) is 0 Å². The van der Waals surface area contributed by atoms with Crippen molar-refractivity contribution in [3.8, 4) is 5.88 Å². The molecule has 1 fully saturated rings. The van der Waals surface area contributed by atoms with Gasteiger partial charge in [0.2, 0.25) is 5.88 Å². The molecule has 2 amide bonds. The lowest BCUT2D eigenvalue weighted by atomic mass is 9.98. The molecule has 2 heterocycles. The molecular formula is C19H18F3N3O4. The summed E-state index contributed by atoms with van der Waals surface area (Å²) in [5.74, 6) is -0.579. The Labute approximate surface area is 164 Å². The minimum Gasteiger partial charge on any atom is -0.468 e. The predicted octanol–water partition coefficient (Wildman–Crippen LogP) is 3.74. The van der Waals surface area contributed by atoms with E-state index >= 15 is 0 Å². The number of nitrogens with zero attached hydrogens (tertiary/aromatic N) is 2. The van der Waals surface area contributed by atoms with Gasteiger partial charge >= 0.3 is 12.3 Å². The van der Waals surface area contributed by atoms with E-state index in [1.165, 1.54) is 17.0 Å². The SMILES string of the molecule is O=C(Nc1ccc([C@@H]2CCN(C(=O)O)C2)cc1)c1ccc(OCC(F)(F)F)nc1. The summed E-state index contributed by atoms with van der Waals surface area (Å²) in [6.45, 7) is -0.521. The van der Waals surface area contributed by atoms with Crippen molar-refractivity contribution >= 4 is 17.7 Å². The van der Waals surface area contributed by atoms with Crippen molar-refractivity contribution in [1.82, 2.24) is 9.88 Å². The first-order valence-electron chi connectivity index (χ1n) is 8.76. The van der Waals surface area contributed by atoms with E-state index < -0.39 is 24.8 Å². The first kappa shape index (κ1) is 20.4. The summed E-state index contributed by atoms with van der Waals surface area (Å²) >= 11 is 0. The zero-order valence-corrected chi connectivity index (χ0v) is 15.1. The van der Waals surface area contributed by atoms with Gasteiger partial charge in [0.15, 0.2) is 6.61 Å². The van der Waals surface area contributed by atoms with Crippen LogP contribution in [0.5, 0.6) is 5.88 Å². The third-order valence-electron chi connectivity index (χ3n) is 4.48. The van der Waals surface area contributed by atoms with Crippen LogP contribution in [0.15, 0.2) is 42.6 Å². The van der Waals surface area contributed by atoms with E-state index in [2.05, 4.69) is 15.0 Å². The molecule has 1 saturated heterocycles. The number of halogens is 3. The molecule has 0 unspecified atom stereocenters. The predicted molar refractivity (Wildman–Crippen MR) is 97.1 cm³/mol. The van der Waals surface area contributed by atoms with Gasteiger partial charge in [-0.1, -0.05) is 12.1 Å². The number of likely N-dealkylation sites (tertiary alicyclic amines) is 1. The highest BCUT2D eigenvalue weighted by Crippen LogP contribution is 2.28. The average molecular weight is 409 g/mol. The Hall–Kier alpha value is -3.30. The van der Waals surface area contributed by atoms with Crippen LogP contribution in [-0.2, 0) is 0 Å². The van der Waals surface area contributed by atoms with Crippen LogP contribution in [0.25, 0.3) is 0 Å². The van der Waals surface area contributed by atoms with Crippen LogP contribution in [0, 0.1) is 0 Å². The topological polar surface area (TPSA) is 91.8 Å². The number of benzene rings is 1. The monoisotopic (exact) mass is 409 g/mol. The average Bonchev–Trinajstić information content (AvgIpc) is 3.17. The number of aromatic nitrogens is 1. The fourth-order valence-electron chi connectivity index (χ4n) is 3.00. The molecule has 1 aliphatic rings. The van der Waals surface area contributed by atoms with Gasteiger partial charge < -0.3 is 20.1 Å². The normalized spacial score (nSPS) is 16.5. The van der Waals surface area contributed by atoms with Gasteiger partial charge in [-0.3, -0.25) is 4.79 Å². The quantitative estimate of drug-likeness (QED) is 0.785. The van der Waals surface area contributed by atoms with Gasteiger partial charge in [-0.25, -0.2) is 9.78 Å². The molecular weight excluding hydrogens is 391 g/mol. The highest BCUT2D eigenvalue weighted by Gasteiger charge is 2.29. The molecule has 0 spiro atoms. The lowest BCUT2D eigenvalue weighted by Gasteiger charge is -2.13. The fraction of sp³-hybridized carbons (Fsp3) is 0.316. The Bertz CT molecular complexity index is 870. The standard InChI is InChI=1S/C19H18F3N3O4/c20-19(21,22)11-29-16-6-3-13(9-23-16)17(26)24-15-4-1-12(2-5-15)14-7-8-25(10-14)18(27)28/h1-6,9,14H,7-8,10-11H2,(H,24,26)(H,27,28)/t14-/m1/s1. The molecule has 0 saturated carbocycles. The molecule has 0 radical (unpaired) electrons. The molecule has 1 aromatic heterocycles.